The number of H-pyrrole nitrogens is 1. The van der Waals surface area contributed by atoms with Crippen molar-refractivity contribution in [1.82, 2.24) is 42.2 Å². The van der Waals surface area contributed by atoms with E-state index < -0.39 is 115 Å². The number of carbonyl (C=O) groups is 9. The second-order valence-electron chi connectivity index (χ2n) is 18.9. The predicted molar refractivity (Wildman–Crippen MR) is 269 cm³/mol. The van der Waals surface area contributed by atoms with Crippen LogP contribution in [0.2, 0.25) is 0 Å². The Morgan fingerprint density at radius 2 is 0.986 bits per heavy atom. The van der Waals surface area contributed by atoms with Crippen molar-refractivity contribution in [3.63, 3.8) is 0 Å². The van der Waals surface area contributed by atoms with Crippen LogP contribution in [0, 0.1) is 11.8 Å². The van der Waals surface area contributed by atoms with Crippen LogP contribution in [0.5, 0.6) is 11.5 Å². The smallest absolute Gasteiger partial charge is 0.322 e. The van der Waals surface area contributed by atoms with Crippen LogP contribution < -0.4 is 43.0 Å². The van der Waals surface area contributed by atoms with E-state index >= 15 is 0 Å². The van der Waals surface area contributed by atoms with Gasteiger partial charge in [0.1, 0.15) is 54.3 Å². The van der Waals surface area contributed by atoms with E-state index in [2.05, 4.69) is 42.2 Å². The van der Waals surface area contributed by atoms with Gasteiger partial charge in [-0.2, -0.15) is 0 Å². The molecule has 7 amide bonds. The van der Waals surface area contributed by atoms with E-state index in [-0.39, 0.29) is 55.4 Å². The van der Waals surface area contributed by atoms with Crippen molar-refractivity contribution in [2.24, 2.45) is 17.6 Å². The van der Waals surface area contributed by atoms with E-state index in [4.69, 9.17) is 10.8 Å². The van der Waals surface area contributed by atoms with Crippen LogP contribution in [0.3, 0.4) is 0 Å². The largest absolute Gasteiger partial charge is 0.508 e. The van der Waals surface area contributed by atoms with Gasteiger partial charge >= 0.3 is 11.9 Å². The van der Waals surface area contributed by atoms with Crippen LogP contribution in [0.25, 0.3) is 10.9 Å². The second kappa shape index (κ2) is 27.7. The quantitative estimate of drug-likeness (QED) is 0.0356. The first-order valence-corrected chi connectivity index (χ1v) is 24.0. The van der Waals surface area contributed by atoms with Gasteiger partial charge in [0.05, 0.1) is 18.6 Å². The number of hydrogen-bond acceptors (Lipinski definition) is 13. The molecule has 0 aliphatic rings. The molecule has 1 heterocycles. The van der Waals surface area contributed by atoms with Crippen LogP contribution in [-0.2, 0) is 62.4 Å². The highest BCUT2D eigenvalue weighted by Crippen LogP contribution is 2.20. The molecule has 74 heavy (non-hydrogen) atoms. The predicted octanol–water partition coefficient (Wildman–Crippen LogP) is -0.00840. The third-order valence-electron chi connectivity index (χ3n) is 11.6. The number of benzene rings is 3. The average molecular weight is 1030 g/mol. The van der Waals surface area contributed by atoms with Gasteiger partial charge in [-0.3, -0.25) is 43.2 Å². The maximum atomic E-state index is 14.4. The highest BCUT2D eigenvalue weighted by atomic mass is 16.4. The number of aliphatic hydroxyl groups is 1. The summed E-state index contributed by atoms with van der Waals surface area (Å²) in [5.41, 5.74) is 8.28. The number of rotatable bonds is 28. The zero-order valence-electron chi connectivity index (χ0n) is 41.7. The summed E-state index contributed by atoms with van der Waals surface area (Å²) in [7, 11) is 0. The molecule has 0 aliphatic heterocycles. The molecule has 0 radical (unpaired) electrons. The standard InChI is InChI=1S/C51H67N9O14/c1-26(2)18-37(46(69)54-25-43(66)67)55-47(70)38(19-27(3)4)56-48(71)39(21-30-12-16-33(63)17-13-30)57-50(73)41(23-42(64)65)58-49(72)40(22-31-24-53-36-9-7-6-8-34(31)36)59-51(74)44(28(5)61)60-45(68)35(52)20-29-10-14-32(62)15-11-29/h6-17,24,26-28,35,37-41,44,53,61-63H,18-23,25,52H2,1-5H3,(H,54,69)(H,55,70)(H,56,71)(H,57,73)(H,58,72)(H,59,74)(H,60,68)(H,64,65)(H,66,67)/t28-,35+,37+,38+,39+,40+,41+,44+/m1/s1. The zero-order valence-corrected chi connectivity index (χ0v) is 41.7. The molecule has 0 saturated heterocycles. The number of phenolic OH excluding ortho intramolecular Hbond substituents is 2. The number of nitrogens with one attached hydrogen (secondary N) is 8. The van der Waals surface area contributed by atoms with Crippen molar-refractivity contribution < 1.29 is 68.7 Å². The second-order valence-corrected chi connectivity index (χ2v) is 18.9. The first kappa shape index (κ1) is 58.5. The fourth-order valence-corrected chi connectivity index (χ4v) is 7.88. The molecule has 0 aliphatic carbocycles. The van der Waals surface area contributed by atoms with E-state index in [1.165, 1.54) is 43.3 Å². The van der Waals surface area contributed by atoms with Crippen molar-refractivity contribution >= 4 is 64.2 Å². The van der Waals surface area contributed by atoms with Gasteiger partial charge in [-0.1, -0.05) is 70.2 Å². The summed E-state index contributed by atoms with van der Waals surface area (Å²) in [5.74, 6) is -10.0. The van der Waals surface area contributed by atoms with Crippen LogP contribution >= 0.6 is 0 Å². The first-order valence-electron chi connectivity index (χ1n) is 24.0. The number of amides is 7. The highest BCUT2D eigenvalue weighted by Gasteiger charge is 2.36. The Labute approximate surface area is 426 Å². The van der Waals surface area contributed by atoms with Crippen LogP contribution in [0.1, 0.15) is 70.6 Å². The first-order chi connectivity index (χ1) is 34.9. The number of fused-ring (bicyclic) bond motifs is 1. The topological polar surface area (TPSA) is 381 Å². The molecule has 0 saturated carbocycles. The van der Waals surface area contributed by atoms with Crippen molar-refractivity contribution in [2.75, 3.05) is 6.54 Å². The number of aromatic amines is 1. The molecule has 15 N–H and O–H groups in total. The molecule has 1 aromatic heterocycles. The molecular weight excluding hydrogens is 963 g/mol. The van der Waals surface area contributed by atoms with Gasteiger partial charge in [-0.25, -0.2) is 0 Å². The summed E-state index contributed by atoms with van der Waals surface area (Å²) in [6.45, 7) is 7.59. The number of carbonyl (C=O) groups excluding carboxylic acids is 7. The van der Waals surface area contributed by atoms with Gasteiger partial charge in [0, 0.05) is 29.9 Å². The number of aromatic hydroxyl groups is 2. The van der Waals surface area contributed by atoms with Crippen LogP contribution in [0.4, 0.5) is 0 Å². The van der Waals surface area contributed by atoms with Gasteiger partial charge in [-0.15, -0.1) is 0 Å². The number of aliphatic hydroxyl groups excluding tert-OH is 1. The van der Waals surface area contributed by atoms with E-state index in [1.807, 2.05) is 0 Å². The Morgan fingerprint density at radius 1 is 0.527 bits per heavy atom. The van der Waals surface area contributed by atoms with Gasteiger partial charge in [0.15, 0.2) is 0 Å². The Hall–Kier alpha value is -8.05. The Morgan fingerprint density at radius 3 is 1.51 bits per heavy atom. The lowest BCUT2D eigenvalue weighted by atomic mass is 9.99. The van der Waals surface area contributed by atoms with Gasteiger partial charge in [0.25, 0.3) is 0 Å². The Balaban J connectivity index is 1.64. The summed E-state index contributed by atoms with van der Waals surface area (Å²) in [6, 6.07) is 7.92. The molecule has 4 aromatic rings. The SMILES string of the molecule is CC(C)C[C@H](NC(=O)[C@H](CC(C)C)NC(=O)[C@H](Cc1ccc(O)cc1)NC(=O)[C@H](CC(=O)O)NC(=O)[C@H](Cc1c[nH]c2ccccc12)NC(=O)[C@@H](NC(=O)[C@@H](N)Cc1ccc(O)cc1)[C@@H](C)O)C(=O)NCC(=O)O. The lowest BCUT2D eigenvalue weighted by Gasteiger charge is -2.28. The number of carboxylic acids is 2. The summed E-state index contributed by atoms with van der Waals surface area (Å²) >= 11 is 0. The zero-order chi connectivity index (χ0) is 54.8. The van der Waals surface area contributed by atoms with Gasteiger partial charge in [-0.05, 0) is 85.0 Å². The number of hydrogen-bond donors (Lipinski definition) is 14. The van der Waals surface area contributed by atoms with Crippen molar-refractivity contribution in [2.45, 2.75) is 122 Å². The third-order valence-corrected chi connectivity index (χ3v) is 11.6. The van der Waals surface area contributed by atoms with E-state index in [1.54, 1.807) is 70.3 Å². The number of aliphatic carboxylic acids is 2. The third kappa shape index (κ3) is 18.5. The minimum Gasteiger partial charge on any atom is -0.508 e. The molecule has 0 unspecified atom stereocenters. The van der Waals surface area contributed by atoms with Crippen molar-refractivity contribution in [3.05, 3.63) is 95.7 Å². The number of para-hydroxylation sites is 1. The van der Waals surface area contributed by atoms with Crippen LogP contribution in [-0.4, -0.2) is 139 Å². The highest BCUT2D eigenvalue weighted by molar-refractivity contribution is 5.99. The molecule has 4 rings (SSSR count). The molecule has 0 fully saturated rings. The molecule has 400 valence electrons. The molecule has 3 aromatic carbocycles. The van der Waals surface area contributed by atoms with E-state index in [0.29, 0.717) is 27.6 Å². The molecule has 8 atom stereocenters. The van der Waals surface area contributed by atoms with Crippen molar-refractivity contribution in [3.8, 4) is 11.5 Å². The lowest BCUT2D eigenvalue weighted by Crippen LogP contribution is -2.61. The lowest BCUT2D eigenvalue weighted by molar-refractivity contribution is -0.142. The normalized spacial score (nSPS) is 14.5. The fourth-order valence-electron chi connectivity index (χ4n) is 7.88. The molecule has 23 nitrogen and oxygen atoms in total. The fraction of sp³-hybridized carbons (Fsp3) is 0.431. The minimum absolute atomic E-state index is 0.00950. The maximum Gasteiger partial charge on any atom is 0.322 e. The average Bonchev–Trinajstić information content (AvgIpc) is 3.74. The monoisotopic (exact) mass is 1030 g/mol. The Bertz CT molecular complexity index is 2600. The number of carboxylic acid groups (broad SMARTS) is 2. The van der Waals surface area contributed by atoms with E-state index in [0.717, 1.165) is 0 Å². The van der Waals surface area contributed by atoms with Crippen molar-refractivity contribution in [1.29, 1.82) is 0 Å². The summed E-state index contributed by atoms with van der Waals surface area (Å²) < 4.78 is 0. The number of aromatic nitrogens is 1. The van der Waals surface area contributed by atoms with E-state index in [9.17, 15) is 63.6 Å². The summed E-state index contributed by atoms with van der Waals surface area (Å²) in [6.07, 6.45) is -1.45. The Kier molecular flexibility index (Phi) is 21.9. The summed E-state index contributed by atoms with van der Waals surface area (Å²) in [4.78, 5) is 124. The minimum atomic E-state index is -1.92. The van der Waals surface area contributed by atoms with Crippen LogP contribution in [0.15, 0.2) is 79.0 Å². The molecule has 0 bridgehead atoms. The number of nitrogens with two attached hydrogens (primary N) is 1. The maximum absolute atomic E-state index is 14.4. The molecular formula is C51H67N9O14. The number of phenols is 2. The van der Waals surface area contributed by atoms with Gasteiger partial charge < -0.3 is 73.5 Å². The molecule has 0 spiro atoms. The molecule has 23 heteroatoms. The summed E-state index contributed by atoms with van der Waals surface area (Å²) in [5, 5.41) is 67.4. The van der Waals surface area contributed by atoms with Gasteiger partial charge in [0.2, 0.25) is 41.4 Å².